The average molecular weight is 260 g/mol. The fourth-order valence-corrected chi connectivity index (χ4v) is 1.88. The van der Waals surface area contributed by atoms with Gasteiger partial charge in [0.15, 0.2) is 0 Å². The number of carboxylic acids is 1. The maximum atomic E-state index is 11.0. The van der Waals surface area contributed by atoms with E-state index in [0.29, 0.717) is 5.69 Å². The molecular formula is C14H16N2O3. The van der Waals surface area contributed by atoms with Crippen LogP contribution in [0.4, 0.5) is 0 Å². The lowest BCUT2D eigenvalue weighted by molar-refractivity contribution is -0.142. The van der Waals surface area contributed by atoms with E-state index in [2.05, 4.69) is 0 Å². The zero-order chi connectivity index (χ0) is 14.0. The summed E-state index contributed by atoms with van der Waals surface area (Å²) in [5.74, 6) is -0.919. The first-order chi connectivity index (χ1) is 8.90. The molecule has 1 heterocycles. The summed E-state index contributed by atoms with van der Waals surface area (Å²) in [5.41, 5.74) is 5.76. The van der Waals surface area contributed by atoms with E-state index in [9.17, 15) is 9.90 Å². The second-order valence-electron chi connectivity index (χ2n) is 4.81. The van der Waals surface area contributed by atoms with Crippen molar-refractivity contribution in [3.05, 3.63) is 48.3 Å². The molecule has 0 saturated carbocycles. The summed E-state index contributed by atoms with van der Waals surface area (Å²) in [6.45, 7) is 1.47. The van der Waals surface area contributed by atoms with E-state index in [1.807, 2.05) is 12.1 Å². The molecule has 0 saturated heterocycles. The number of carboxylic acid groups (broad SMARTS) is 1. The first-order valence-corrected chi connectivity index (χ1v) is 5.88. The Kier molecular flexibility index (Phi) is 3.31. The van der Waals surface area contributed by atoms with Crippen molar-refractivity contribution in [2.75, 3.05) is 0 Å². The summed E-state index contributed by atoms with van der Waals surface area (Å²) in [4.78, 5) is 11.0. The molecule has 2 aromatic rings. The zero-order valence-electron chi connectivity index (χ0n) is 10.6. The van der Waals surface area contributed by atoms with Crippen LogP contribution in [0.15, 0.2) is 42.7 Å². The Bertz CT molecular complexity index is 589. The van der Waals surface area contributed by atoms with Crippen LogP contribution in [0.1, 0.15) is 12.5 Å². The number of hydrogen-bond acceptors (Lipinski definition) is 3. The van der Waals surface area contributed by atoms with E-state index < -0.39 is 11.5 Å². The molecule has 0 bridgehead atoms. The van der Waals surface area contributed by atoms with Crippen molar-refractivity contribution < 1.29 is 15.0 Å². The zero-order valence-corrected chi connectivity index (χ0v) is 10.6. The minimum absolute atomic E-state index is 0.133. The number of hydrogen-bond donors (Lipinski definition) is 3. The van der Waals surface area contributed by atoms with Crippen LogP contribution < -0.4 is 5.73 Å². The quantitative estimate of drug-likeness (QED) is 0.777. The lowest BCUT2D eigenvalue weighted by atomic mass is 9.94. The number of rotatable bonds is 4. The third-order valence-electron chi connectivity index (χ3n) is 2.98. The summed E-state index contributed by atoms with van der Waals surface area (Å²) in [7, 11) is 0. The summed E-state index contributed by atoms with van der Waals surface area (Å²) in [5, 5.41) is 18.9. The Morgan fingerprint density at radius 1 is 1.37 bits per heavy atom. The maximum Gasteiger partial charge on any atom is 0.323 e. The molecule has 5 nitrogen and oxygen atoms in total. The van der Waals surface area contributed by atoms with Crippen LogP contribution in [0.3, 0.4) is 0 Å². The summed E-state index contributed by atoms with van der Waals surface area (Å²) >= 11 is 0. The van der Waals surface area contributed by atoms with Gasteiger partial charge in [-0.25, -0.2) is 0 Å². The van der Waals surface area contributed by atoms with Crippen molar-refractivity contribution in [2.24, 2.45) is 5.73 Å². The minimum Gasteiger partial charge on any atom is -0.506 e. The second-order valence-corrected chi connectivity index (χ2v) is 4.81. The van der Waals surface area contributed by atoms with Crippen molar-refractivity contribution in [3.63, 3.8) is 0 Å². The maximum absolute atomic E-state index is 11.0. The second kappa shape index (κ2) is 4.78. The predicted molar refractivity (Wildman–Crippen MR) is 71.4 cm³/mol. The molecule has 0 aliphatic rings. The molecule has 0 unspecified atom stereocenters. The SMILES string of the molecule is C[C@@](N)(Cc1ccc(O)c(-n2cccc2)c1)C(=O)O. The Morgan fingerprint density at radius 3 is 2.58 bits per heavy atom. The van der Waals surface area contributed by atoms with Crippen LogP contribution in [0, 0.1) is 0 Å². The summed E-state index contributed by atoms with van der Waals surface area (Å²) in [6.07, 6.45) is 3.80. The number of benzene rings is 1. The van der Waals surface area contributed by atoms with Gasteiger partial charge in [0.1, 0.15) is 11.3 Å². The molecule has 1 aromatic carbocycles. The van der Waals surface area contributed by atoms with Gasteiger partial charge in [-0.3, -0.25) is 4.79 Å². The third-order valence-corrected chi connectivity index (χ3v) is 2.98. The number of nitrogens with two attached hydrogens (primary N) is 1. The van der Waals surface area contributed by atoms with Crippen molar-refractivity contribution in [1.29, 1.82) is 0 Å². The van der Waals surface area contributed by atoms with Crippen molar-refractivity contribution >= 4 is 5.97 Å². The largest absolute Gasteiger partial charge is 0.506 e. The predicted octanol–water partition coefficient (Wildman–Crippen LogP) is 1.53. The molecule has 1 atom stereocenters. The number of nitrogens with zero attached hydrogens (tertiary/aromatic N) is 1. The molecule has 0 spiro atoms. The molecule has 2 rings (SSSR count). The van der Waals surface area contributed by atoms with Crippen molar-refractivity contribution in [2.45, 2.75) is 18.9 Å². The van der Waals surface area contributed by atoms with Gasteiger partial charge in [0.2, 0.25) is 0 Å². The molecular weight excluding hydrogens is 244 g/mol. The minimum atomic E-state index is -1.33. The van der Waals surface area contributed by atoms with Gasteiger partial charge in [-0.05, 0) is 36.8 Å². The van der Waals surface area contributed by atoms with Crippen LogP contribution in [-0.2, 0) is 11.2 Å². The van der Waals surface area contributed by atoms with E-state index in [0.717, 1.165) is 5.56 Å². The Hall–Kier alpha value is -2.27. The summed E-state index contributed by atoms with van der Waals surface area (Å²) < 4.78 is 1.76. The topological polar surface area (TPSA) is 88.5 Å². The Labute approximate surface area is 110 Å². The normalized spacial score (nSPS) is 14.0. The number of phenols is 1. The molecule has 0 radical (unpaired) electrons. The van der Waals surface area contributed by atoms with Crippen molar-refractivity contribution in [3.8, 4) is 11.4 Å². The molecule has 0 aliphatic carbocycles. The molecule has 0 amide bonds. The smallest absolute Gasteiger partial charge is 0.323 e. The highest BCUT2D eigenvalue weighted by molar-refractivity contribution is 5.78. The van der Waals surface area contributed by atoms with Crippen LogP contribution >= 0.6 is 0 Å². The number of aliphatic carboxylic acids is 1. The highest BCUT2D eigenvalue weighted by Gasteiger charge is 2.28. The molecule has 100 valence electrons. The fraction of sp³-hybridized carbons (Fsp3) is 0.214. The molecule has 4 N–H and O–H groups in total. The van der Waals surface area contributed by atoms with Gasteiger partial charge in [0.05, 0.1) is 5.69 Å². The van der Waals surface area contributed by atoms with E-state index in [1.54, 1.807) is 35.2 Å². The molecule has 5 heteroatoms. The highest BCUT2D eigenvalue weighted by Crippen LogP contribution is 2.24. The number of phenolic OH excluding ortho intramolecular Hbond substituents is 1. The first-order valence-electron chi connectivity index (χ1n) is 5.88. The third kappa shape index (κ3) is 2.77. The van der Waals surface area contributed by atoms with Gasteiger partial charge in [-0.15, -0.1) is 0 Å². The highest BCUT2D eigenvalue weighted by atomic mass is 16.4. The molecule has 0 aliphatic heterocycles. The van der Waals surface area contributed by atoms with E-state index >= 15 is 0 Å². The Morgan fingerprint density at radius 2 is 2.00 bits per heavy atom. The van der Waals surface area contributed by atoms with Crippen LogP contribution in [0.2, 0.25) is 0 Å². The van der Waals surface area contributed by atoms with Gasteiger partial charge in [0, 0.05) is 18.8 Å². The average Bonchev–Trinajstić information content (AvgIpc) is 2.84. The Balaban J connectivity index is 2.35. The first kappa shape index (κ1) is 13.2. The van der Waals surface area contributed by atoms with E-state index in [-0.39, 0.29) is 12.2 Å². The molecule has 0 fully saturated rings. The van der Waals surface area contributed by atoms with Crippen molar-refractivity contribution in [1.82, 2.24) is 4.57 Å². The van der Waals surface area contributed by atoms with Gasteiger partial charge >= 0.3 is 5.97 Å². The van der Waals surface area contributed by atoms with E-state index in [4.69, 9.17) is 10.8 Å². The lowest BCUT2D eigenvalue weighted by Gasteiger charge is -2.19. The number of aromatic nitrogens is 1. The van der Waals surface area contributed by atoms with Crippen LogP contribution in [0.25, 0.3) is 5.69 Å². The standard InChI is InChI=1S/C14H16N2O3/c1-14(15,13(18)19)9-10-4-5-12(17)11(8-10)16-6-2-3-7-16/h2-8,17H,9,15H2,1H3,(H,18,19)/t14-/m1/s1. The van der Waals surface area contributed by atoms with Gasteiger partial charge in [-0.1, -0.05) is 6.07 Å². The summed E-state index contributed by atoms with van der Waals surface area (Å²) in [6, 6.07) is 8.65. The van der Waals surface area contributed by atoms with Crippen LogP contribution in [-0.4, -0.2) is 26.3 Å². The van der Waals surface area contributed by atoms with E-state index in [1.165, 1.54) is 6.92 Å². The number of aromatic hydroxyl groups is 1. The van der Waals surface area contributed by atoms with Gasteiger partial charge in [0.25, 0.3) is 0 Å². The lowest BCUT2D eigenvalue weighted by Crippen LogP contribution is -2.46. The van der Waals surface area contributed by atoms with Gasteiger partial charge < -0.3 is 20.5 Å². The fourth-order valence-electron chi connectivity index (χ4n) is 1.88. The molecule has 19 heavy (non-hydrogen) atoms. The number of carbonyl (C=O) groups is 1. The monoisotopic (exact) mass is 260 g/mol. The van der Waals surface area contributed by atoms with Crippen LogP contribution in [0.5, 0.6) is 5.75 Å². The molecule has 1 aromatic heterocycles. The van der Waals surface area contributed by atoms with Gasteiger partial charge in [-0.2, -0.15) is 0 Å².